The number of hydrogen-bond donors (Lipinski definition) is 2. The van der Waals surface area contributed by atoms with Gasteiger partial charge in [-0.1, -0.05) is 18.2 Å². The second-order valence-electron chi connectivity index (χ2n) is 3.86. The Kier molecular flexibility index (Phi) is 3.57. The van der Waals surface area contributed by atoms with Gasteiger partial charge >= 0.3 is 0 Å². The number of aromatic hydroxyl groups is 1. The highest BCUT2D eigenvalue weighted by molar-refractivity contribution is 5.94. The van der Waals surface area contributed by atoms with Crippen LogP contribution < -0.4 is 5.32 Å². The van der Waals surface area contributed by atoms with Crippen LogP contribution >= 0.6 is 0 Å². The van der Waals surface area contributed by atoms with Crippen molar-refractivity contribution >= 4 is 5.91 Å². The monoisotopic (exact) mass is 245 g/mol. The van der Waals surface area contributed by atoms with E-state index < -0.39 is 0 Å². The van der Waals surface area contributed by atoms with Gasteiger partial charge in [-0.2, -0.15) is 0 Å². The molecule has 2 rings (SSSR count). The molecule has 0 unspecified atom stereocenters. The van der Waals surface area contributed by atoms with Gasteiger partial charge in [0.25, 0.3) is 5.91 Å². The molecule has 2 N–H and O–H groups in total. The van der Waals surface area contributed by atoms with Crippen molar-refractivity contribution in [2.24, 2.45) is 0 Å². The van der Waals surface area contributed by atoms with Crippen LogP contribution in [0.2, 0.25) is 0 Å². The van der Waals surface area contributed by atoms with E-state index in [2.05, 4.69) is 5.32 Å². The number of carbonyl (C=O) groups excluding carboxylic acids is 1. The van der Waals surface area contributed by atoms with Crippen LogP contribution in [0.3, 0.4) is 0 Å². The second-order valence-corrected chi connectivity index (χ2v) is 3.86. The molecule has 0 fully saturated rings. The van der Waals surface area contributed by atoms with E-state index in [4.69, 9.17) is 0 Å². The number of rotatable bonds is 3. The molecule has 0 aliphatic rings. The standard InChI is InChI=1S/C14H12FNO2/c15-12-6-4-10(5-7-12)9-16-14(18)11-2-1-3-13(17)8-11/h1-8,17H,9H2,(H,16,18). The van der Waals surface area contributed by atoms with E-state index in [1.165, 1.54) is 24.3 Å². The van der Waals surface area contributed by atoms with Crippen molar-refractivity contribution in [3.05, 3.63) is 65.5 Å². The molecule has 18 heavy (non-hydrogen) atoms. The first-order valence-electron chi connectivity index (χ1n) is 5.47. The maximum atomic E-state index is 12.7. The summed E-state index contributed by atoms with van der Waals surface area (Å²) in [4.78, 5) is 11.7. The average molecular weight is 245 g/mol. The summed E-state index contributed by atoms with van der Waals surface area (Å²) in [6.45, 7) is 0.314. The van der Waals surface area contributed by atoms with Gasteiger partial charge in [-0.25, -0.2) is 4.39 Å². The summed E-state index contributed by atoms with van der Waals surface area (Å²) in [6.07, 6.45) is 0. The van der Waals surface area contributed by atoms with Crippen LogP contribution in [0.4, 0.5) is 4.39 Å². The number of hydrogen-bond acceptors (Lipinski definition) is 2. The van der Waals surface area contributed by atoms with Crippen LogP contribution in [-0.4, -0.2) is 11.0 Å². The fourth-order valence-electron chi connectivity index (χ4n) is 1.53. The third kappa shape index (κ3) is 3.07. The predicted octanol–water partition coefficient (Wildman–Crippen LogP) is 2.46. The van der Waals surface area contributed by atoms with Crippen LogP contribution in [0.1, 0.15) is 15.9 Å². The Morgan fingerprint density at radius 2 is 1.89 bits per heavy atom. The molecule has 4 heteroatoms. The Morgan fingerprint density at radius 1 is 1.17 bits per heavy atom. The van der Waals surface area contributed by atoms with Crippen molar-refractivity contribution in [2.45, 2.75) is 6.54 Å². The van der Waals surface area contributed by atoms with Crippen molar-refractivity contribution in [2.75, 3.05) is 0 Å². The summed E-state index contributed by atoms with van der Waals surface area (Å²) >= 11 is 0. The SMILES string of the molecule is O=C(NCc1ccc(F)cc1)c1cccc(O)c1. The van der Waals surface area contributed by atoms with Gasteiger partial charge < -0.3 is 10.4 Å². The summed E-state index contributed by atoms with van der Waals surface area (Å²) in [7, 11) is 0. The van der Waals surface area contributed by atoms with Crippen LogP contribution in [0.5, 0.6) is 5.75 Å². The lowest BCUT2D eigenvalue weighted by atomic mass is 10.2. The number of halogens is 1. The van der Waals surface area contributed by atoms with E-state index in [1.807, 2.05) is 0 Å². The lowest BCUT2D eigenvalue weighted by Crippen LogP contribution is -2.22. The largest absolute Gasteiger partial charge is 0.508 e. The summed E-state index contributed by atoms with van der Waals surface area (Å²) < 4.78 is 12.7. The number of amides is 1. The number of phenols is 1. The van der Waals surface area contributed by atoms with Gasteiger partial charge in [0.1, 0.15) is 11.6 Å². The summed E-state index contributed by atoms with van der Waals surface area (Å²) in [6, 6.07) is 12.0. The van der Waals surface area contributed by atoms with Crippen LogP contribution in [-0.2, 0) is 6.54 Å². The molecule has 0 atom stereocenters. The third-order valence-electron chi connectivity index (χ3n) is 2.47. The average Bonchev–Trinajstić information content (AvgIpc) is 2.38. The number of benzene rings is 2. The second kappa shape index (κ2) is 5.31. The molecular weight excluding hydrogens is 233 g/mol. The molecule has 0 heterocycles. The minimum absolute atomic E-state index is 0.0458. The van der Waals surface area contributed by atoms with Crippen molar-refractivity contribution < 1.29 is 14.3 Å². The zero-order valence-electron chi connectivity index (χ0n) is 9.56. The van der Waals surface area contributed by atoms with E-state index in [0.717, 1.165) is 5.56 Å². The molecule has 3 nitrogen and oxygen atoms in total. The smallest absolute Gasteiger partial charge is 0.251 e. The molecular formula is C14H12FNO2. The van der Waals surface area contributed by atoms with E-state index in [1.54, 1.807) is 24.3 Å². The highest BCUT2D eigenvalue weighted by Gasteiger charge is 2.05. The fraction of sp³-hybridized carbons (Fsp3) is 0.0714. The Hall–Kier alpha value is -2.36. The zero-order valence-corrected chi connectivity index (χ0v) is 9.56. The van der Waals surface area contributed by atoms with Gasteiger partial charge in [0.2, 0.25) is 0 Å². The normalized spacial score (nSPS) is 10.1. The first-order chi connectivity index (χ1) is 8.65. The molecule has 2 aromatic rings. The van der Waals surface area contributed by atoms with Gasteiger partial charge in [-0.3, -0.25) is 4.79 Å². The Balaban J connectivity index is 1.98. The summed E-state index contributed by atoms with van der Waals surface area (Å²) in [5, 5.41) is 11.9. The molecule has 0 spiro atoms. The highest BCUT2D eigenvalue weighted by Crippen LogP contribution is 2.11. The number of carbonyl (C=O) groups is 1. The van der Waals surface area contributed by atoms with Crippen molar-refractivity contribution in [3.63, 3.8) is 0 Å². The van der Waals surface area contributed by atoms with Gasteiger partial charge in [0.15, 0.2) is 0 Å². The van der Waals surface area contributed by atoms with Crippen molar-refractivity contribution in [1.29, 1.82) is 0 Å². The number of nitrogens with one attached hydrogen (secondary N) is 1. The van der Waals surface area contributed by atoms with Gasteiger partial charge in [0, 0.05) is 12.1 Å². The molecule has 1 amide bonds. The van der Waals surface area contributed by atoms with Crippen molar-refractivity contribution in [3.8, 4) is 5.75 Å². The minimum atomic E-state index is -0.307. The van der Waals surface area contributed by atoms with E-state index in [-0.39, 0.29) is 17.5 Å². The topological polar surface area (TPSA) is 49.3 Å². The van der Waals surface area contributed by atoms with Gasteiger partial charge in [-0.05, 0) is 35.9 Å². The van der Waals surface area contributed by atoms with E-state index in [9.17, 15) is 14.3 Å². The third-order valence-corrected chi connectivity index (χ3v) is 2.47. The van der Waals surface area contributed by atoms with E-state index >= 15 is 0 Å². The molecule has 0 aliphatic carbocycles. The maximum Gasteiger partial charge on any atom is 0.251 e. The van der Waals surface area contributed by atoms with E-state index in [0.29, 0.717) is 12.1 Å². The minimum Gasteiger partial charge on any atom is -0.508 e. The van der Waals surface area contributed by atoms with Gasteiger partial charge in [-0.15, -0.1) is 0 Å². The maximum absolute atomic E-state index is 12.7. The lowest BCUT2D eigenvalue weighted by molar-refractivity contribution is 0.0950. The first-order valence-corrected chi connectivity index (χ1v) is 5.47. The zero-order chi connectivity index (χ0) is 13.0. The molecule has 0 saturated carbocycles. The molecule has 0 bridgehead atoms. The molecule has 0 saturated heterocycles. The van der Waals surface area contributed by atoms with Crippen LogP contribution in [0.25, 0.3) is 0 Å². The Bertz CT molecular complexity index is 552. The predicted molar refractivity (Wildman–Crippen MR) is 65.7 cm³/mol. The Morgan fingerprint density at radius 3 is 2.56 bits per heavy atom. The van der Waals surface area contributed by atoms with Gasteiger partial charge in [0.05, 0.1) is 0 Å². The quantitative estimate of drug-likeness (QED) is 0.872. The first kappa shape index (κ1) is 12.1. The summed E-state index contributed by atoms with van der Waals surface area (Å²) in [5.74, 6) is -0.544. The highest BCUT2D eigenvalue weighted by atomic mass is 19.1. The van der Waals surface area contributed by atoms with Crippen LogP contribution in [0.15, 0.2) is 48.5 Å². The molecule has 0 radical (unpaired) electrons. The number of phenolic OH excluding ortho intramolecular Hbond substituents is 1. The van der Waals surface area contributed by atoms with Crippen molar-refractivity contribution in [1.82, 2.24) is 5.32 Å². The summed E-state index contributed by atoms with van der Waals surface area (Å²) in [5.41, 5.74) is 1.20. The molecule has 2 aromatic carbocycles. The fourth-order valence-corrected chi connectivity index (χ4v) is 1.53. The molecule has 0 aromatic heterocycles. The molecule has 0 aliphatic heterocycles. The van der Waals surface area contributed by atoms with Crippen LogP contribution in [0, 0.1) is 5.82 Å². The Labute approximate surface area is 104 Å². The molecule has 92 valence electrons. The lowest BCUT2D eigenvalue weighted by Gasteiger charge is -2.05.